The SMILES string of the molecule is CN(C)C(CO)COC(=O)c1ccc2nc(-c3cc(Cl)cc(Cl)c3)oc2c1. The highest BCUT2D eigenvalue weighted by Crippen LogP contribution is 2.29. The van der Waals surface area contributed by atoms with Crippen LogP contribution in [0.15, 0.2) is 40.8 Å². The Hall–Kier alpha value is -2.12. The highest BCUT2D eigenvalue weighted by molar-refractivity contribution is 6.35. The number of likely N-dealkylation sites (N-methyl/N-ethyl adjacent to an activating group) is 1. The fraction of sp³-hybridized carbons (Fsp3) is 0.263. The highest BCUT2D eigenvalue weighted by Gasteiger charge is 2.16. The Morgan fingerprint density at radius 1 is 1.22 bits per heavy atom. The smallest absolute Gasteiger partial charge is 0.338 e. The zero-order chi connectivity index (χ0) is 19.6. The number of oxazole rings is 1. The lowest BCUT2D eigenvalue weighted by Crippen LogP contribution is -2.36. The van der Waals surface area contributed by atoms with E-state index < -0.39 is 5.97 Å². The Labute approximate surface area is 166 Å². The zero-order valence-corrected chi connectivity index (χ0v) is 16.3. The topological polar surface area (TPSA) is 75.8 Å². The summed E-state index contributed by atoms with van der Waals surface area (Å²) in [5.74, 6) is -0.145. The molecule has 1 N–H and O–H groups in total. The Morgan fingerprint density at radius 3 is 2.56 bits per heavy atom. The number of esters is 1. The van der Waals surface area contributed by atoms with Crippen molar-refractivity contribution >= 4 is 40.3 Å². The molecule has 0 radical (unpaired) electrons. The minimum absolute atomic E-state index is 0.0863. The van der Waals surface area contributed by atoms with E-state index in [1.807, 2.05) is 0 Å². The number of halogens is 2. The molecule has 2 aromatic carbocycles. The molecular formula is C19H18Cl2N2O4. The molecule has 1 heterocycles. The van der Waals surface area contributed by atoms with E-state index in [1.165, 1.54) is 0 Å². The van der Waals surface area contributed by atoms with Crippen molar-refractivity contribution in [3.05, 3.63) is 52.0 Å². The second-order valence-electron chi connectivity index (χ2n) is 6.26. The minimum Gasteiger partial charge on any atom is -0.460 e. The number of aliphatic hydroxyl groups is 1. The number of aliphatic hydroxyl groups excluding tert-OH is 1. The molecule has 1 unspecified atom stereocenters. The number of aromatic nitrogens is 1. The summed E-state index contributed by atoms with van der Waals surface area (Å²) in [7, 11) is 3.61. The van der Waals surface area contributed by atoms with E-state index in [0.29, 0.717) is 38.2 Å². The number of hydrogen-bond donors (Lipinski definition) is 1. The first-order valence-corrected chi connectivity index (χ1v) is 8.94. The summed E-state index contributed by atoms with van der Waals surface area (Å²) in [6, 6.07) is 9.63. The van der Waals surface area contributed by atoms with Gasteiger partial charge in [0.2, 0.25) is 5.89 Å². The molecule has 0 bridgehead atoms. The van der Waals surface area contributed by atoms with Crippen LogP contribution in [0.2, 0.25) is 10.0 Å². The van der Waals surface area contributed by atoms with Crippen molar-refractivity contribution in [3.63, 3.8) is 0 Å². The quantitative estimate of drug-likeness (QED) is 0.623. The lowest BCUT2D eigenvalue weighted by molar-refractivity contribution is 0.0327. The second-order valence-corrected chi connectivity index (χ2v) is 7.13. The van der Waals surface area contributed by atoms with Crippen LogP contribution < -0.4 is 0 Å². The minimum atomic E-state index is -0.499. The van der Waals surface area contributed by atoms with Crippen LogP contribution >= 0.6 is 23.2 Å². The van der Waals surface area contributed by atoms with Crippen LogP contribution in [0.25, 0.3) is 22.6 Å². The fourth-order valence-electron chi connectivity index (χ4n) is 2.47. The summed E-state index contributed by atoms with van der Waals surface area (Å²) >= 11 is 12.0. The molecule has 6 nitrogen and oxygen atoms in total. The molecule has 0 aliphatic rings. The molecule has 3 aromatic rings. The maximum absolute atomic E-state index is 12.3. The van der Waals surface area contributed by atoms with Gasteiger partial charge in [-0.3, -0.25) is 0 Å². The first-order chi connectivity index (χ1) is 12.9. The van der Waals surface area contributed by atoms with Gasteiger partial charge in [0.25, 0.3) is 0 Å². The van der Waals surface area contributed by atoms with Crippen molar-refractivity contribution in [2.45, 2.75) is 6.04 Å². The number of rotatable bonds is 6. The third kappa shape index (κ3) is 4.59. The summed E-state index contributed by atoms with van der Waals surface area (Å²) in [4.78, 5) is 18.5. The van der Waals surface area contributed by atoms with Gasteiger partial charge in [-0.2, -0.15) is 0 Å². The first-order valence-electron chi connectivity index (χ1n) is 8.19. The van der Waals surface area contributed by atoms with Crippen molar-refractivity contribution in [3.8, 4) is 11.5 Å². The van der Waals surface area contributed by atoms with E-state index >= 15 is 0 Å². The third-order valence-electron chi connectivity index (χ3n) is 4.08. The van der Waals surface area contributed by atoms with Crippen molar-refractivity contribution < 1.29 is 19.1 Å². The van der Waals surface area contributed by atoms with Crippen LogP contribution in [0.5, 0.6) is 0 Å². The van der Waals surface area contributed by atoms with Gasteiger partial charge in [-0.25, -0.2) is 9.78 Å². The van der Waals surface area contributed by atoms with Crippen molar-refractivity contribution in [2.75, 3.05) is 27.3 Å². The molecule has 0 amide bonds. The van der Waals surface area contributed by atoms with Crippen LogP contribution in [0.4, 0.5) is 0 Å². The van der Waals surface area contributed by atoms with Gasteiger partial charge in [0.15, 0.2) is 5.58 Å². The summed E-state index contributed by atoms with van der Waals surface area (Å²) in [5.41, 5.74) is 2.02. The van der Waals surface area contributed by atoms with E-state index in [1.54, 1.807) is 55.4 Å². The molecule has 1 aromatic heterocycles. The molecule has 0 spiro atoms. The molecule has 0 fully saturated rings. The number of ether oxygens (including phenoxy) is 1. The van der Waals surface area contributed by atoms with Crippen molar-refractivity contribution in [1.29, 1.82) is 0 Å². The molecule has 3 rings (SSSR count). The first kappa shape index (κ1) is 19.6. The predicted octanol–water partition coefficient (Wildman–Crippen LogP) is 3.88. The Morgan fingerprint density at radius 2 is 1.93 bits per heavy atom. The van der Waals surface area contributed by atoms with Gasteiger partial charge in [-0.15, -0.1) is 0 Å². The van der Waals surface area contributed by atoms with Crippen LogP contribution in [0.3, 0.4) is 0 Å². The summed E-state index contributed by atoms with van der Waals surface area (Å²) < 4.78 is 11.0. The van der Waals surface area contributed by atoms with Gasteiger partial charge in [-0.1, -0.05) is 23.2 Å². The molecule has 8 heteroatoms. The average Bonchev–Trinajstić information content (AvgIpc) is 3.04. The zero-order valence-electron chi connectivity index (χ0n) is 14.8. The van der Waals surface area contributed by atoms with Gasteiger partial charge in [0, 0.05) is 15.6 Å². The molecule has 142 valence electrons. The molecule has 0 saturated heterocycles. The summed E-state index contributed by atoms with van der Waals surface area (Å²) in [5, 5.41) is 10.2. The number of carbonyl (C=O) groups excluding carboxylic acids is 1. The third-order valence-corrected chi connectivity index (χ3v) is 4.52. The van der Waals surface area contributed by atoms with E-state index in [4.69, 9.17) is 32.4 Å². The monoisotopic (exact) mass is 408 g/mol. The molecular weight excluding hydrogens is 391 g/mol. The lowest BCUT2D eigenvalue weighted by atomic mass is 10.2. The van der Waals surface area contributed by atoms with Gasteiger partial charge in [-0.05, 0) is 50.5 Å². The normalized spacial score (nSPS) is 12.5. The maximum atomic E-state index is 12.3. The van der Waals surface area contributed by atoms with E-state index in [9.17, 15) is 9.90 Å². The fourth-order valence-corrected chi connectivity index (χ4v) is 3.00. The number of carbonyl (C=O) groups is 1. The number of hydrogen-bond acceptors (Lipinski definition) is 6. The molecule has 27 heavy (non-hydrogen) atoms. The van der Waals surface area contributed by atoms with Crippen molar-refractivity contribution in [2.24, 2.45) is 0 Å². The molecule has 1 atom stereocenters. The average molecular weight is 409 g/mol. The second kappa shape index (κ2) is 8.27. The molecule has 0 saturated carbocycles. The summed E-state index contributed by atoms with van der Waals surface area (Å²) in [6.07, 6.45) is 0. The molecule has 0 aliphatic carbocycles. The van der Waals surface area contributed by atoms with Gasteiger partial charge >= 0.3 is 5.97 Å². The van der Waals surface area contributed by atoms with Gasteiger partial charge in [0.1, 0.15) is 12.1 Å². The van der Waals surface area contributed by atoms with E-state index in [0.717, 1.165) is 0 Å². The number of benzene rings is 2. The van der Waals surface area contributed by atoms with Gasteiger partial charge < -0.3 is 19.2 Å². The number of nitrogens with zero attached hydrogens (tertiary/aromatic N) is 2. The van der Waals surface area contributed by atoms with Crippen LogP contribution in [0, 0.1) is 0 Å². The van der Waals surface area contributed by atoms with Crippen molar-refractivity contribution in [1.82, 2.24) is 9.88 Å². The van der Waals surface area contributed by atoms with Crippen LogP contribution in [0.1, 0.15) is 10.4 Å². The Kier molecular flexibility index (Phi) is 6.01. The summed E-state index contributed by atoms with van der Waals surface area (Å²) in [6.45, 7) is -0.0178. The predicted molar refractivity (Wildman–Crippen MR) is 104 cm³/mol. The van der Waals surface area contributed by atoms with Crippen LogP contribution in [-0.2, 0) is 4.74 Å². The van der Waals surface area contributed by atoms with Gasteiger partial charge in [0.05, 0.1) is 18.2 Å². The van der Waals surface area contributed by atoms with Crippen LogP contribution in [-0.4, -0.2) is 54.3 Å². The maximum Gasteiger partial charge on any atom is 0.338 e. The highest BCUT2D eigenvalue weighted by atomic mass is 35.5. The lowest BCUT2D eigenvalue weighted by Gasteiger charge is -2.21. The largest absolute Gasteiger partial charge is 0.460 e. The number of fused-ring (bicyclic) bond motifs is 1. The Bertz CT molecular complexity index is 951. The molecule has 0 aliphatic heterocycles. The Balaban J connectivity index is 1.82. The van der Waals surface area contributed by atoms with E-state index in [2.05, 4.69) is 4.98 Å². The van der Waals surface area contributed by atoms with E-state index in [-0.39, 0.29) is 19.3 Å². The standard InChI is InChI=1S/C19H18Cl2N2O4/c1-23(2)15(9-24)10-26-19(25)11-3-4-16-17(7-11)27-18(22-16)12-5-13(20)8-14(21)6-12/h3-8,15,24H,9-10H2,1-2H3.